The second-order valence-corrected chi connectivity index (χ2v) is 3.61. The highest BCUT2D eigenvalue weighted by molar-refractivity contribution is 5.50. The zero-order chi connectivity index (χ0) is 11.5. The van der Waals surface area contributed by atoms with Gasteiger partial charge in [-0.15, -0.1) is 0 Å². The summed E-state index contributed by atoms with van der Waals surface area (Å²) in [5.74, 6) is 0.616. The number of anilines is 1. The Morgan fingerprint density at radius 3 is 2.88 bits per heavy atom. The van der Waals surface area contributed by atoms with Crippen LogP contribution in [0.3, 0.4) is 0 Å². The quantitative estimate of drug-likeness (QED) is 0.858. The number of nitrogens with zero attached hydrogens (tertiary/aromatic N) is 3. The topological polar surface area (TPSA) is 42.7 Å². The highest BCUT2D eigenvalue weighted by atomic mass is 19.1. The largest absolute Gasteiger partial charge is 0.378 e. The Morgan fingerprint density at radius 1 is 1.44 bits per heavy atom. The van der Waals surface area contributed by atoms with Gasteiger partial charge in [0.05, 0.1) is 6.54 Å². The molecule has 1 heterocycles. The summed E-state index contributed by atoms with van der Waals surface area (Å²) in [4.78, 5) is 4.09. The predicted octanol–water partition coefficient (Wildman–Crippen LogP) is 1.87. The van der Waals surface area contributed by atoms with E-state index in [1.807, 2.05) is 14.0 Å². The maximum Gasteiger partial charge on any atom is 0.145 e. The molecule has 0 unspecified atom stereocenters. The molecular weight excluding hydrogens is 207 g/mol. The average molecular weight is 220 g/mol. The maximum atomic E-state index is 12.9. The molecule has 5 heteroatoms. The van der Waals surface area contributed by atoms with Crippen molar-refractivity contribution in [2.24, 2.45) is 7.05 Å². The summed E-state index contributed by atoms with van der Waals surface area (Å²) in [6, 6.07) is 4.66. The molecule has 0 spiro atoms. The van der Waals surface area contributed by atoms with Gasteiger partial charge in [-0.25, -0.2) is 9.37 Å². The number of nitrogens with one attached hydrogen (secondary N) is 1. The first-order valence-electron chi connectivity index (χ1n) is 4.99. The Bertz CT molecular complexity index is 492. The van der Waals surface area contributed by atoms with E-state index in [2.05, 4.69) is 15.4 Å². The molecule has 84 valence electrons. The van der Waals surface area contributed by atoms with Crippen LogP contribution < -0.4 is 5.32 Å². The van der Waals surface area contributed by atoms with Gasteiger partial charge in [0.2, 0.25) is 0 Å². The monoisotopic (exact) mass is 220 g/mol. The van der Waals surface area contributed by atoms with Gasteiger partial charge in [-0.3, -0.25) is 4.68 Å². The summed E-state index contributed by atoms with van der Waals surface area (Å²) in [6.07, 6.45) is 1.51. The Kier molecular flexibility index (Phi) is 2.85. The summed E-state index contributed by atoms with van der Waals surface area (Å²) >= 11 is 0. The number of hydrogen-bond acceptors (Lipinski definition) is 3. The van der Waals surface area contributed by atoms with Crippen molar-refractivity contribution in [2.45, 2.75) is 13.5 Å². The molecule has 0 radical (unpaired) electrons. The van der Waals surface area contributed by atoms with E-state index in [9.17, 15) is 4.39 Å². The first-order chi connectivity index (χ1) is 7.66. The van der Waals surface area contributed by atoms with Crippen LogP contribution in [0.4, 0.5) is 10.1 Å². The number of hydrogen-bond donors (Lipinski definition) is 1. The van der Waals surface area contributed by atoms with E-state index in [1.54, 1.807) is 10.7 Å². The van der Waals surface area contributed by atoms with Crippen LogP contribution in [0.1, 0.15) is 11.4 Å². The van der Waals surface area contributed by atoms with Crippen LogP contribution >= 0.6 is 0 Å². The van der Waals surface area contributed by atoms with Crippen molar-refractivity contribution >= 4 is 5.69 Å². The Balaban J connectivity index is 2.08. The van der Waals surface area contributed by atoms with Gasteiger partial charge < -0.3 is 5.32 Å². The van der Waals surface area contributed by atoms with Crippen LogP contribution in [0.5, 0.6) is 0 Å². The zero-order valence-corrected chi connectivity index (χ0v) is 9.24. The Morgan fingerprint density at radius 2 is 2.25 bits per heavy atom. The molecule has 16 heavy (non-hydrogen) atoms. The van der Waals surface area contributed by atoms with Crippen molar-refractivity contribution in [3.05, 3.63) is 41.7 Å². The molecule has 0 saturated carbocycles. The van der Waals surface area contributed by atoms with E-state index >= 15 is 0 Å². The molecule has 0 amide bonds. The van der Waals surface area contributed by atoms with Gasteiger partial charge in [-0.1, -0.05) is 0 Å². The van der Waals surface area contributed by atoms with Crippen LogP contribution in [0, 0.1) is 12.7 Å². The van der Waals surface area contributed by atoms with Gasteiger partial charge >= 0.3 is 0 Å². The molecule has 1 aromatic carbocycles. The third-order valence-corrected chi connectivity index (χ3v) is 2.43. The number of aryl methyl sites for hydroxylation is 2. The highest BCUT2D eigenvalue weighted by Crippen LogP contribution is 2.16. The molecule has 0 atom stereocenters. The molecule has 4 nitrogen and oxygen atoms in total. The first kappa shape index (κ1) is 10.6. The lowest BCUT2D eigenvalue weighted by Gasteiger charge is -2.08. The molecular formula is C11H13FN4. The molecule has 0 bridgehead atoms. The molecule has 2 aromatic rings. The Hall–Kier alpha value is -1.91. The summed E-state index contributed by atoms with van der Waals surface area (Å²) in [6.45, 7) is 2.44. The second-order valence-electron chi connectivity index (χ2n) is 3.61. The third kappa shape index (κ3) is 2.18. The van der Waals surface area contributed by atoms with Gasteiger partial charge in [0.25, 0.3) is 0 Å². The van der Waals surface area contributed by atoms with Crippen molar-refractivity contribution < 1.29 is 4.39 Å². The van der Waals surface area contributed by atoms with Crippen LogP contribution in [0.2, 0.25) is 0 Å². The zero-order valence-electron chi connectivity index (χ0n) is 9.24. The molecule has 0 fully saturated rings. The first-order valence-corrected chi connectivity index (χ1v) is 4.99. The predicted molar refractivity (Wildman–Crippen MR) is 59.5 cm³/mol. The summed E-state index contributed by atoms with van der Waals surface area (Å²) in [7, 11) is 1.83. The van der Waals surface area contributed by atoms with Crippen LogP contribution in [-0.2, 0) is 13.6 Å². The standard InChI is InChI=1S/C11H13FN4/c1-8-5-9(12)3-4-10(8)13-6-11-14-7-15-16(11)2/h3-5,7,13H,6H2,1-2H3. The van der Waals surface area contributed by atoms with Crippen molar-refractivity contribution in [3.8, 4) is 0 Å². The van der Waals surface area contributed by atoms with E-state index in [0.717, 1.165) is 17.1 Å². The number of benzene rings is 1. The minimum atomic E-state index is -0.221. The SMILES string of the molecule is Cc1cc(F)ccc1NCc1ncnn1C. The lowest BCUT2D eigenvalue weighted by Crippen LogP contribution is -2.07. The molecule has 1 aromatic heterocycles. The van der Waals surface area contributed by atoms with Gasteiger partial charge in [0.1, 0.15) is 18.0 Å². The molecule has 2 rings (SSSR count). The van der Waals surface area contributed by atoms with Gasteiger partial charge in [0, 0.05) is 12.7 Å². The molecule has 0 aliphatic rings. The van der Waals surface area contributed by atoms with E-state index in [-0.39, 0.29) is 5.82 Å². The number of rotatable bonds is 3. The van der Waals surface area contributed by atoms with Gasteiger partial charge in [-0.2, -0.15) is 5.10 Å². The average Bonchev–Trinajstić information content (AvgIpc) is 2.63. The van der Waals surface area contributed by atoms with Crippen LogP contribution in [0.15, 0.2) is 24.5 Å². The summed E-state index contributed by atoms with van der Waals surface area (Å²) < 4.78 is 14.6. The lowest BCUT2D eigenvalue weighted by molar-refractivity contribution is 0.626. The van der Waals surface area contributed by atoms with Crippen molar-refractivity contribution in [1.29, 1.82) is 0 Å². The smallest absolute Gasteiger partial charge is 0.145 e. The fraction of sp³-hybridized carbons (Fsp3) is 0.273. The maximum absolute atomic E-state index is 12.9. The fourth-order valence-electron chi connectivity index (χ4n) is 1.48. The fourth-order valence-corrected chi connectivity index (χ4v) is 1.48. The summed E-state index contributed by atoms with van der Waals surface area (Å²) in [5.41, 5.74) is 1.78. The normalized spacial score (nSPS) is 10.4. The molecule has 0 aliphatic carbocycles. The number of aromatic nitrogens is 3. The van der Waals surface area contributed by atoms with Crippen LogP contribution in [-0.4, -0.2) is 14.8 Å². The molecule has 1 N–H and O–H groups in total. The molecule has 0 saturated heterocycles. The van der Waals surface area contributed by atoms with Gasteiger partial charge in [0.15, 0.2) is 0 Å². The van der Waals surface area contributed by atoms with E-state index in [4.69, 9.17) is 0 Å². The van der Waals surface area contributed by atoms with E-state index in [0.29, 0.717) is 6.54 Å². The highest BCUT2D eigenvalue weighted by Gasteiger charge is 2.02. The molecule has 0 aliphatic heterocycles. The number of halogens is 1. The lowest BCUT2D eigenvalue weighted by atomic mass is 10.2. The van der Waals surface area contributed by atoms with E-state index in [1.165, 1.54) is 18.5 Å². The minimum absolute atomic E-state index is 0.221. The van der Waals surface area contributed by atoms with Gasteiger partial charge in [-0.05, 0) is 30.7 Å². The minimum Gasteiger partial charge on any atom is -0.378 e. The van der Waals surface area contributed by atoms with Crippen LogP contribution in [0.25, 0.3) is 0 Å². The van der Waals surface area contributed by atoms with Crippen molar-refractivity contribution in [2.75, 3.05) is 5.32 Å². The van der Waals surface area contributed by atoms with E-state index < -0.39 is 0 Å². The van der Waals surface area contributed by atoms with Crippen molar-refractivity contribution in [3.63, 3.8) is 0 Å². The summed E-state index contributed by atoms with van der Waals surface area (Å²) in [5, 5.41) is 7.16. The Labute approximate surface area is 93.1 Å². The van der Waals surface area contributed by atoms with Crippen molar-refractivity contribution in [1.82, 2.24) is 14.8 Å². The third-order valence-electron chi connectivity index (χ3n) is 2.43. The second kappa shape index (κ2) is 4.30.